The van der Waals surface area contributed by atoms with Crippen molar-refractivity contribution in [2.45, 2.75) is 78.0 Å². The summed E-state index contributed by atoms with van der Waals surface area (Å²) in [6.45, 7) is 9.81. The largest absolute Gasteiger partial charge is 0.507 e. The Balaban J connectivity index is 0.00000676. The van der Waals surface area contributed by atoms with Crippen molar-refractivity contribution in [1.82, 2.24) is 0 Å². The molecule has 9 heteroatoms. The Hall–Kier alpha value is -3.96. The fourth-order valence-corrected chi connectivity index (χ4v) is 6.70. The Morgan fingerprint density at radius 3 is 1.04 bits per heavy atom. The lowest BCUT2D eigenvalue weighted by Gasteiger charge is -2.35. The van der Waals surface area contributed by atoms with Crippen LogP contribution < -0.4 is 0 Å². The van der Waals surface area contributed by atoms with Crippen molar-refractivity contribution in [2.24, 2.45) is 0 Å². The molecule has 0 spiro atoms. The van der Waals surface area contributed by atoms with Crippen molar-refractivity contribution >= 4 is 0 Å². The lowest BCUT2D eigenvalue weighted by atomic mass is 9.68. The van der Waals surface area contributed by atoms with Gasteiger partial charge in [-0.25, -0.2) is 0 Å². The van der Waals surface area contributed by atoms with Crippen molar-refractivity contribution in [1.29, 1.82) is 0 Å². The van der Waals surface area contributed by atoms with Gasteiger partial charge in [0.15, 0.2) is 0 Å². The molecule has 4 aromatic carbocycles. The van der Waals surface area contributed by atoms with Gasteiger partial charge in [-0.1, -0.05) is 51.1 Å². The van der Waals surface area contributed by atoms with Crippen LogP contribution in [0.25, 0.3) is 0 Å². The van der Waals surface area contributed by atoms with E-state index in [1.165, 1.54) is 0 Å². The SMILES string of the molecule is CCc1cc(C(C)(c2ccc(C(C)(C)c3cc(COC)c(O)c(COC)c3)cc2)c2cc(COC)c(O)c(COC)c2)cc(COC)c1O.O. The molecule has 0 amide bonds. The normalized spacial score (nSPS) is 12.8. The summed E-state index contributed by atoms with van der Waals surface area (Å²) in [4.78, 5) is 0. The van der Waals surface area contributed by atoms with Gasteiger partial charge in [-0.05, 0) is 77.1 Å². The highest BCUT2D eigenvalue weighted by Crippen LogP contribution is 2.45. The molecule has 0 bridgehead atoms. The summed E-state index contributed by atoms with van der Waals surface area (Å²) in [7, 11) is 8.07. The lowest BCUT2D eigenvalue weighted by molar-refractivity contribution is 0.174. The third-order valence-corrected chi connectivity index (χ3v) is 9.74. The summed E-state index contributed by atoms with van der Waals surface area (Å²) in [6.07, 6.45) is 0.641. The van der Waals surface area contributed by atoms with E-state index in [-0.39, 0.29) is 55.8 Å². The first-order chi connectivity index (χ1) is 23.4. The topological polar surface area (TPSA) is 138 Å². The predicted octanol–water partition coefficient (Wildman–Crippen LogP) is 6.95. The highest BCUT2D eigenvalue weighted by atomic mass is 16.5. The predicted molar refractivity (Wildman–Crippen MR) is 195 cm³/mol. The molecule has 0 aliphatic rings. The zero-order valence-corrected chi connectivity index (χ0v) is 30.9. The van der Waals surface area contributed by atoms with E-state index >= 15 is 0 Å². The lowest BCUT2D eigenvalue weighted by Crippen LogP contribution is -2.27. The number of phenols is 3. The van der Waals surface area contributed by atoms with Crippen molar-refractivity contribution in [3.63, 3.8) is 0 Å². The quantitative estimate of drug-likeness (QED) is 0.107. The highest BCUT2D eigenvalue weighted by Gasteiger charge is 2.35. The third-order valence-electron chi connectivity index (χ3n) is 9.74. The van der Waals surface area contributed by atoms with Crippen LogP contribution in [0.15, 0.2) is 60.7 Å². The smallest absolute Gasteiger partial charge is 0.126 e. The number of rotatable bonds is 16. The monoisotopic (exact) mass is 690 g/mol. The molecular weight excluding hydrogens is 636 g/mol. The van der Waals surface area contributed by atoms with Gasteiger partial charge in [-0.3, -0.25) is 0 Å². The van der Waals surface area contributed by atoms with E-state index in [1.54, 1.807) is 35.5 Å². The van der Waals surface area contributed by atoms with Crippen molar-refractivity contribution in [3.05, 3.63) is 122 Å². The number of hydrogen-bond donors (Lipinski definition) is 3. The second kappa shape index (κ2) is 17.3. The molecule has 272 valence electrons. The second-order valence-electron chi connectivity index (χ2n) is 13.3. The minimum Gasteiger partial charge on any atom is -0.507 e. The number of phenolic OH excluding ortho intramolecular Hbond substituents is 3. The molecule has 0 fully saturated rings. The fourth-order valence-electron chi connectivity index (χ4n) is 6.70. The summed E-state index contributed by atoms with van der Waals surface area (Å²) in [5, 5.41) is 33.1. The first-order valence-corrected chi connectivity index (χ1v) is 16.5. The van der Waals surface area contributed by atoms with Crippen LogP contribution in [0.4, 0.5) is 0 Å². The van der Waals surface area contributed by atoms with Gasteiger partial charge < -0.3 is 44.5 Å². The van der Waals surface area contributed by atoms with E-state index < -0.39 is 10.8 Å². The summed E-state index contributed by atoms with van der Waals surface area (Å²) in [5.41, 5.74) is 8.18. The molecule has 0 saturated carbocycles. The maximum Gasteiger partial charge on any atom is 0.126 e. The number of benzene rings is 4. The Bertz CT molecular complexity index is 1680. The molecule has 50 heavy (non-hydrogen) atoms. The van der Waals surface area contributed by atoms with Gasteiger partial charge in [0.25, 0.3) is 0 Å². The van der Waals surface area contributed by atoms with E-state index in [0.29, 0.717) is 34.2 Å². The Labute approximate surface area is 296 Å². The van der Waals surface area contributed by atoms with E-state index in [9.17, 15) is 15.3 Å². The maximum absolute atomic E-state index is 11.1. The molecule has 0 aromatic heterocycles. The van der Waals surface area contributed by atoms with Crippen LogP contribution in [-0.2, 0) is 74.0 Å². The van der Waals surface area contributed by atoms with Crippen molar-refractivity contribution < 1.29 is 44.5 Å². The van der Waals surface area contributed by atoms with Gasteiger partial charge in [0.1, 0.15) is 17.2 Å². The summed E-state index contributed by atoms with van der Waals surface area (Å²) in [5.74, 6) is 0.589. The molecule has 0 aliphatic carbocycles. The molecule has 9 nitrogen and oxygen atoms in total. The summed E-state index contributed by atoms with van der Waals surface area (Å²) >= 11 is 0. The molecule has 4 aromatic rings. The van der Waals surface area contributed by atoms with Crippen LogP contribution in [0.3, 0.4) is 0 Å². The zero-order valence-electron chi connectivity index (χ0n) is 30.9. The van der Waals surface area contributed by atoms with Gasteiger partial charge in [0, 0.05) is 74.2 Å². The number of ether oxygens (including phenoxy) is 5. The average Bonchev–Trinajstić information content (AvgIpc) is 3.09. The summed E-state index contributed by atoms with van der Waals surface area (Å²) < 4.78 is 27.3. The molecular formula is C41H54O9. The Morgan fingerprint density at radius 1 is 0.440 bits per heavy atom. The first kappa shape index (κ1) is 40.5. The van der Waals surface area contributed by atoms with Gasteiger partial charge in [0.2, 0.25) is 0 Å². The van der Waals surface area contributed by atoms with Crippen LogP contribution >= 0.6 is 0 Å². The van der Waals surface area contributed by atoms with E-state index in [1.807, 2.05) is 37.3 Å². The second-order valence-corrected chi connectivity index (χ2v) is 13.3. The van der Waals surface area contributed by atoms with Gasteiger partial charge in [-0.2, -0.15) is 0 Å². The third kappa shape index (κ3) is 7.99. The number of methoxy groups -OCH3 is 5. The molecule has 4 rings (SSSR count). The first-order valence-electron chi connectivity index (χ1n) is 16.5. The van der Waals surface area contributed by atoms with Crippen LogP contribution in [0.2, 0.25) is 0 Å². The molecule has 0 aliphatic heterocycles. The summed E-state index contributed by atoms with van der Waals surface area (Å²) in [6, 6.07) is 20.7. The number of aromatic hydroxyl groups is 3. The van der Waals surface area contributed by atoms with E-state index in [0.717, 1.165) is 33.4 Å². The van der Waals surface area contributed by atoms with Crippen molar-refractivity contribution in [2.75, 3.05) is 35.5 Å². The van der Waals surface area contributed by atoms with Crippen LogP contribution in [0.1, 0.15) is 88.9 Å². The van der Waals surface area contributed by atoms with Crippen molar-refractivity contribution in [3.8, 4) is 17.2 Å². The average molecular weight is 691 g/mol. The molecule has 1 unspecified atom stereocenters. The highest BCUT2D eigenvalue weighted by molar-refractivity contribution is 5.58. The molecule has 5 N–H and O–H groups in total. The van der Waals surface area contributed by atoms with Gasteiger partial charge in [0.05, 0.1) is 33.0 Å². The molecule has 0 saturated heterocycles. The standard InChI is InChI=1S/C41H52O8.H2O/c1-10-26-15-35(18-29(23-47-7)37(26)42)41(4,36-19-30(24-48-8)39(44)31(20-36)25-49-9)33-13-11-32(12-14-33)40(2,3)34-16-27(21-45-5)38(43)28(17-34)22-46-6;/h11-20,42-44H,10,21-25H2,1-9H3;1H2. The van der Waals surface area contributed by atoms with Gasteiger partial charge in [-0.15, -0.1) is 0 Å². The minimum atomic E-state index is -0.725. The minimum absolute atomic E-state index is 0. The van der Waals surface area contributed by atoms with E-state index in [4.69, 9.17) is 23.7 Å². The van der Waals surface area contributed by atoms with Crippen LogP contribution in [-0.4, -0.2) is 56.3 Å². The van der Waals surface area contributed by atoms with Gasteiger partial charge >= 0.3 is 0 Å². The Morgan fingerprint density at radius 2 is 0.720 bits per heavy atom. The maximum atomic E-state index is 11.1. The Kier molecular flexibility index (Phi) is 14.0. The number of aryl methyl sites for hydroxylation is 1. The molecule has 1 atom stereocenters. The molecule has 0 heterocycles. The fraction of sp³-hybridized carbons (Fsp3) is 0.415. The molecule has 0 radical (unpaired) electrons. The van der Waals surface area contributed by atoms with Crippen LogP contribution in [0, 0.1) is 0 Å². The zero-order chi connectivity index (χ0) is 35.9. The van der Waals surface area contributed by atoms with E-state index in [2.05, 4.69) is 51.1 Å². The number of hydrogen-bond acceptors (Lipinski definition) is 8. The van der Waals surface area contributed by atoms with Crippen LogP contribution in [0.5, 0.6) is 17.2 Å².